The van der Waals surface area contributed by atoms with Gasteiger partial charge < -0.3 is 10.5 Å². The number of ether oxygens (including phenoxy) is 1. The predicted molar refractivity (Wildman–Crippen MR) is 71.2 cm³/mol. The molecule has 0 saturated heterocycles. The Morgan fingerprint density at radius 3 is 2.33 bits per heavy atom. The molecule has 0 spiro atoms. The van der Waals surface area contributed by atoms with E-state index in [4.69, 9.17) is 10.5 Å². The Balaban J connectivity index is 2.35. The third kappa shape index (κ3) is 2.69. The van der Waals surface area contributed by atoms with E-state index in [1.807, 2.05) is 54.6 Å². The van der Waals surface area contributed by atoms with Crippen LogP contribution in [0, 0.1) is 0 Å². The number of carbonyl (C=O) groups is 1. The lowest BCUT2D eigenvalue weighted by molar-refractivity contribution is -0.123. The van der Waals surface area contributed by atoms with Crippen LogP contribution in [0.25, 0.3) is 11.1 Å². The summed E-state index contributed by atoms with van der Waals surface area (Å²) >= 11 is 0. The van der Waals surface area contributed by atoms with E-state index in [1.54, 1.807) is 6.92 Å². The summed E-state index contributed by atoms with van der Waals surface area (Å²) in [5.41, 5.74) is 7.20. The van der Waals surface area contributed by atoms with Crippen LogP contribution in [0.1, 0.15) is 6.92 Å². The molecule has 1 atom stereocenters. The Morgan fingerprint density at radius 2 is 1.67 bits per heavy atom. The van der Waals surface area contributed by atoms with Crippen molar-refractivity contribution in [2.45, 2.75) is 13.0 Å². The van der Waals surface area contributed by atoms with Crippen molar-refractivity contribution < 1.29 is 9.53 Å². The monoisotopic (exact) mass is 241 g/mol. The molecule has 0 aliphatic heterocycles. The van der Waals surface area contributed by atoms with Crippen molar-refractivity contribution in [2.24, 2.45) is 5.73 Å². The summed E-state index contributed by atoms with van der Waals surface area (Å²) in [6.45, 7) is 1.64. The lowest BCUT2D eigenvalue weighted by Gasteiger charge is -2.15. The van der Waals surface area contributed by atoms with Gasteiger partial charge in [0.2, 0.25) is 0 Å². The van der Waals surface area contributed by atoms with E-state index in [0.717, 1.165) is 11.1 Å². The molecule has 0 radical (unpaired) electrons. The summed E-state index contributed by atoms with van der Waals surface area (Å²) in [6.07, 6.45) is -0.644. The first-order valence-electron chi connectivity index (χ1n) is 5.79. The van der Waals surface area contributed by atoms with Crippen LogP contribution in [0.3, 0.4) is 0 Å². The minimum atomic E-state index is -0.644. The number of amides is 1. The standard InChI is InChI=1S/C15H15NO2/c1-11(15(16)17)18-14-10-6-5-9-13(14)12-7-3-2-4-8-12/h2-11H,1H3,(H2,16,17). The summed E-state index contributed by atoms with van der Waals surface area (Å²) in [6, 6.07) is 17.5. The van der Waals surface area contributed by atoms with Crippen LogP contribution in [0.5, 0.6) is 5.75 Å². The molecule has 3 heteroatoms. The van der Waals surface area contributed by atoms with Crippen LogP contribution in [0.2, 0.25) is 0 Å². The number of carbonyl (C=O) groups excluding carboxylic acids is 1. The van der Waals surface area contributed by atoms with Gasteiger partial charge in [-0.15, -0.1) is 0 Å². The van der Waals surface area contributed by atoms with Gasteiger partial charge in [-0.05, 0) is 18.6 Å². The summed E-state index contributed by atoms with van der Waals surface area (Å²) in [7, 11) is 0. The molecule has 0 fully saturated rings. The van der Waals surface area contributed by atoms with E-state index in [1.165, 1.54) is 0 Å². The maximum absolute atomic E-state index is 11.0. The summed E-state index contributed by atoms with van der Waals surface area (Å²) in [5, 5.41) is 0. The number of hydrogen-bond donors (Lipinski definition) is 1. The van der Waals surface area contributed by atoms with Gasteiger partial charge in [0.05, 0.1) is 0 Å². The molecule has 0 aromatic heterocycles. The second-order valence-corrected chi connectivity index (χ2v) is 4.02. The Hall–Kier alpha value is -2.29. The summed E-state index contributed by atoms with van der Waals surface area (Å²) < 4.78 is 5.59. The van der Waals surface area contributed by atoms with Gasteiger partial charge in [-0.25, -0.2) is 0 Å². The first-order valence-corrected chi connectivity index (χ1v) is 5.79. The predicted octanol–water partition coefficient (Wildman–Crippen LogP) is 2.61. The zero-order chi connectivity index (χ0) is 13.0. The van der Waals surface area contributed by atoms with E-state index >= 15 is 0 Å². The van der Waals surface area contributed by atoms with Crippen LogP contribution >= 0.6 is 0 Å². The van der Waals surface area contributed by atoms with E-state index in [-0.39, 0.29) is 0 Å². The van der Waals surface area contributed by atoms with Gasteiger partial charge in [0, 0.05) is 5.56 Å². The maximum atomic E-state index is 11.0. The Labute approximate surface area is 106 Å². The Morgan fingerprint density at radius 1 is 1.06 bits per heavy atom. The highest BCUT2D eigenvalue weighted by atomic mass is 16.5. The number of benzene rings is 2. The summed E-state index contributed by atoms with van der Waals surface area (Å²) in [5.74, 6) is 0.188. The third-order valence-electron chi connectivity index (χ3n) is 2.68. The lowest BCUT2D eigenvalue weighted by Crippen LogP contribution is -2.30. The number of para-hydroxylation sites is 1. The van der Waals surface area contributed by atoms with Gasteiger partial charge >= 0.3 is 0 Å². The second-order valence-electron chi connectivity index (χ2n) is 4.02. The quantitative estimate of drug-likeness (QED) is 0.894. The van der Waals surface area contributed by atoms with E-state index < -0.39 is 12.0 Å². The number of nitrogens with two attached hydrogens (primary N) is 1. The maximum Gasteiger partial charge on any atom is 0.258 e. The van der Waals surface area contributed by atoms with Crippen LogP contribution in [-0.2, 0) is 4.79 Å². The third-order valence-corrected chi connectivity index (χ3v) is 2.68. The molecule has 0 aliphatic carbocycles. The molecule has 0 bridgehead atoms. The fraction of sp³-hybridized carbons (Fsp3) is 0.133. The smallest absolute Gasteiger partial charge is 0.258 e. The first-order chi connectivity index (χ1) is 8.68. The van der Waals surface area contributed by atoms with Crippen molar-refractivity contribution in [3.8, 4) is 16.9 Å². The van der Waals surface area contributed by atoms with Crippen molar-refractivity contribution in [3.05, 3.63) is 54.6 Å². The van der Waals surface area contributed by atoms with E-state index in [2.05, 4.69) is 0 Å². The zero-order valence-electron chi connectivity index (χ0n) is 10.2. The fourth-order valence-corrected chi connectivity index (χ4v) is 1.67. The highest BCUT2D eigenvalue weighted by Crippen LogP contribution is 2.30. The molecule has 1 amide bonds. The molecule has 2 aromatic rings. The largest absolute Gasteiger partial charge is 0.480 e. The van der Waals surface area contributed by atoms with Crippen LogP contribution in [-0.4, -0.2) is 12.0 Å². The fourth-order valence-electron chi connectivity index (χ4n) is 1.67. The zero-order valence-corrected chi connectivity index (χ0v) is 10.2. The Bertz CT molecular complexity index is 537. The van der Waals surface area contributed by atoms with Crippen molar-refractivity contribution in [1.29, 1.82) is 0 Å². The molecule has 3 nitrogen and oxygen atoms in total. The second kappa shape index (κ2) is 5.36. The Kier molecular flexibility index (Phi) is 3.63. The first kappa shape index (κ1) is 12.2. The van der Waals surface area contributed by atoms with Gasteiger partial charge in [-0.2, -0.15) is 0 Å². The average Bonchev–Trinajstić information content (AvgIpc) is 2.40. The van der Waals surface area contributed by atoms with Gasteiger partial charge in [-0.3, -0.25) is 4.79 Å². The van der Waals surface area contributed by atoms with Crippen LogP contribution < -0.4 is 10.5 Å². The van der Waals surface area contributed by atoms with Gasteiger partial charge in [0.15, 0.2) is 6.10 Å². The summed E-state index contributed by atoms with van der Waals surface area (Å²) in [4.78, 5) is 11.0. The van der Waals surface area contributed by atoms with Crippen LogP contribution in [0.15, 0.2) is 54.6 Å². The van der Waals surface area contributed by atoms with Crippen molar-refractivity contribution >= 4 is 5.91 Å². The van der Waals surface area contributed by atoms with E-state index in [0.29, 0.717) is 5.75 Å². The molecule has 0 aliphatic rings. The minimum Gasteiger partial charge on any atom is -0.480 e. The number of hydrogen-bond acceptors (Lipinski definition) is 2. The molecule has 2 aromatic carbocycles. The van der Waals surface area contributed by atoms with Crippen molar-refractivity contribution in [3.63, 3.8) is 0 Å². The average molecular weight is 241 g/mol. The molecular weight excluding hydrogens is 226 g/mol. The van der Waals surface area contributed by atoms with Crippen LogP contribution in [0.4, 0.5) is 0 Å². The molecular formula is C15H15NO2. The minimum absolute atomic E-state index is 0.474. The molecule has 2 N–H and O–H groups in total. The van der Waals surface area contributed by atoms with Crippen molar-refractivity contribution in [1.82, 2.24) is 0 Å². The lowest BCUT2D eigenvalue weighted by atomic mass is 10.0. The molecule has 92 valence electrons. The molecule has 0 saturated carbocycles. The molecule has 0 heterocycles. The van der Waals surface area contributed by atoms with E-state index in [9.17, 15) is 4.79 Å². The number of rotatable bonds is 4. The highest BCUT2D eigenvalue weighted by Gasteiger charge is 2.13. The molecule has 2 rings (SSSR count). The molecule has 1 unspecified atom stereocenters. The topological polar surface area (TPSA) is 52.3 Å². The normalized spacial score (nSPS) is 11.8. The van der Waals surface area contributed by atoms with Gasteiger partial charge in [-0.1, -0.05) is 48.5 Å². The van der Waals surface area contributed by atoms with Crippen molar-refractivity contribution in [2.75, 3.05) is 0 Å². The SMILES string of the molecule is CC(Oc1ccccc1-c1ccccc1)C(N)=O. The van der Waals surface area contributed by atoms with Gasteiger partial charge in [0.1, 0.15) is 5.75 Å². The highest BCUT2D eigenvalue weighted by molar-refractivity contribution is 5.79. The number of primary amides is 1. The van der Waals surface area contributed by atoms with Gasteiger partial charge in [0.25, 0.3) is 5.91 Å². The molecule has 18 heavy (non-hydrogen) atoms.